The highest BCUT2D eigenvalue weighted by molar-refractivity contribution is 5.95. The normalized spacial score (nSPS) is 10.4. The third-order valence-corrected chi connectivity index (χ3v) is 3.43. The summed E-state index contributed by atoms with van der Waals surface area (Å²) in [6.07, 6.45) is 1.16. The number of nitro groups is 1. The van der Waals surface area contributed by atoms with Gasteiger partial charge in [0, 0.05) is 5.56 Å². The average molecular weight is 359 g/mol. The van der Waals surface area contributed by atoms with E-state index in [1.165, 1.54) is 33.5 Å². The number of amides is 1. The van der Waals surface area contributed by atoms with Crippen molar-refractivity contribution in [1.29, 1.82) is 0 Å². The summed E-state index contributed by atoms with van der Waals surface area (Å²) in [4.78, 5) is 22.7. The summed E-state index contributed by atoms with van der Waals surface area (Å²) >= 11 is 0. The number of nitrogens with zero attached hydrogens (tertiary/aromatic N) is 2. The van der Waals surface area contributed by atoms with Gasteiger partial charge in [-0.2, -0.15) is 5.10 Å². The van der Waals surface area contributed by atoms with Crippen molar-refractivity contribution in [3.8, 4) is 17.2 Å². The number of nitrogens with one attached hydrogen (secondary N) is 1. The topological polar surface area (TPSA) is 112 Å². The first-order chi connectivity index (χ1) is 12.5. The van der Waals surface area contributed by atoms with E-state index >= 15 is 0 Å². The lowest BCUT2D eigenvalue weighted by Gasteiger charge is -2.08. The molecule has 0 saturated carbocycles. The van der Waals surface area contributed by atoms with Gasteiger partial charge in [-0.1, -0.05) is 6.07 Å². The number of nitro benzene ring substituents is 1. The SMILES string of the molecule is COc1cccc(C(=O)N/N=C/c2cc(OC)c(OC)cc2[N+](=O)[O-])c1. The summed E-state index contributed by atoms with van der Waals surface area (Å²) in [5.74, 6) is 0.566. The summed E-state index contributed by atoms with van der Waals surface area (Å²) in [6.45, 7) is 0. The lowest BCUT2D eigenvalue weighted by Crippen LogP contribution is -2.17. The van der Waals surface area contributed by atoms with Crippen molar-refractivity contribution in [3.63, 3.8) is 0 Å². The van der Waals surface area contributed by atoms with Crippen molar-refractivity contribution in [2.75, 3.05) is 21.3 Å². The fraction of sp³-hybridized carbons (Fsp3) is 0.176. The smallest absolute Gasteiger partial charge is 0.282 e. The van der Waals surface area contributed by atoms with Gasteiger partial charge in [-0.3, -0.25) is 14.9 Å². The molecule has 2 rings (SSSR count). The highest BCUT2D eigenvalue weighted by Crippen LogP contribution is 2.33. The number of hydrazone groups is 1. The first kappa shape index (κ1) is 18.7. The Morgan fingerprint density at radius 2 is 1.81 bits per heavy atom. The molecule has 136 valence electrons. The maximum absolute atomic E-state index is 12.1. The van der Waals surface area contributed by atoms with Crippen LogP contribution in [-0.2, 0) is 0 Å². The molecule has 0 heterocycles. The van der Waals surface area contributed by atoms with E-state index in [0.29, 0.717) is 17.1 Å². The maximum Gasteiger partial charge on any atom is 0.282 e. The third-order valence-electron chi connectivity index (χ3n) is 3.43. The second kappa shape index (κ2) is 8.47. The molecular formula is C17H17N3O6. The van der Waals surface area contributed by atoms with E-state index in [0.717, 1.165) is 6.21 Å². The van der Waals surface area contributed by atoms with Crippen LogP contribution in [0.4, 0.5) is 5.69 Å². The Hall–Kier alpha value is -3.62. The van der Waals surface area contributed by atoms with Crippen LogP contribution in [0, 0.1) is 10.1 Å². The molecule has 0 spiro atoms. The highest BCUT2D eigenvalue weighted by atomic mass is 16.6. The number of ether oxygens (including phenoxy) is 3. The highest BCUT2D eigenvalue weighted by Gasteiger charge is 2.18. The van der Waals surface area contributed by atoms with Gasteiger partial charge in [-0.25, -0.2) is 5.43 Å². The Bertz CT molecular complexity index is 850. The monoisotopic (exact) mass is 359 g/mol. The lowest BCUT2D eigenvalue weighted by molar-refractivity contribution is -0.385. The van der Waals surface area contributed by atoms with Gasteiger partial charge in [0.05, 0.1) is 44.1 Å². The standard InChI is InChI=1S/C17H17N3O6/c1-24-13-6-4-5-11(7-13)17(21)19-18-10-12-8-15(25-2)16(26-3)9-14(12)20(22)23/h4-10H,1-3H3,(H,19,21)/b18-10+. The molecule has 1 N–H and O–H groups in total. The van der Waals surface area contributed by atoms with E-state index in [4.69, 9.17) is 14.2 Å². The number of hydrogen-bond acceptors (Lipinski definition) is 7. The molecule has 0 saturated heterocycles. The minimum absolute atomic E-state index is 0.151. The van der Waals surface area contributed by atoms with Gasteiger partial charge in [0.15, 0.2) is 11.5 Å². The first-order valence-corrected chi connectivity index (χ1v) is 7.38. The van der Waals surface area contributed by atoms with Crippen LogP contribution in [0.25, 0.3) is 0 Å². The van der Waals surface area contributed by atoms with Gasteiger partial charge in [0.25, 0.3) is 11.6 Å². The van der Waals surface area contributed by atoms with Crippen molar-refractivity contribution < 1.29 is 23.9 Å². The van der Waals surface area contributed by atoms with Crippen molar-refractivity contribution in [2.24, 2.45) is 5.10 Å². The maximum atomic E-state index is 12.1. The number of carbonyl (C=O) groups is 1. The average Bonchev–Trinajstić information content (AvgIpc) is 2.67. The van der Waals surface area contributed by atoms with Gasteiger partial charge in [0.2, 0.25) is 0 Å². The van der Waals surface area contributed by atoms with E-state index in [9.17, 15) is 14.9 Å². The minimum atomic E-state index is -0.576. The second-order valence-electron chi connectivity index (χ2n) is 4.95. The zero-order valence-corrected chi connectivity index (χ0v) is 14.4. The van der Waals surface area contributed by atoms with Crippen molar-refractivity contribution >= 4 is 17.8 Å². The van der Waals surface area contributed by atoms with E-state index < -0.39 is 10.8 Å². The Kier molecular flexibility index (Phi) is 6.10. The fourth-order valence-electron chi connectivity index (χ4n) is 2.13. The van der Waals surface area contributed by atoms with Gasteiger partial charge < -0.3 is 14.2 Å². The third kappa shape index (κ3) is 4.26. The molecule has 0 bridgehead atoms. The van der Waals surface area contributed by atoms with Crippen molar-refractivity contribution in [3.05, 3.63) is 57.6 Å². The van der Waals surface area contributed by atoms with Gasteiger partial charge in [-0.05, 0) is 24.3 Å². The van der Waals surface area contributed by atoms with Crippen LogP contribution in [0.1, 0.15) is 15.9 Å². The summed E-state index contributed by atoms with van der Waals surface area (Å²) in [5.41, 5.74) is 2.56. The number of carbonyl (C=O) groups excluding carboxylic acids is 1. The van der Waals surface area contributed by atoms with Gasteiger partial charge >= 0.3 is 0 Å². The summed E-state index contributed by atoms with van der Waals surface area (Å²) < 4.78 is 15.2. The van der Waals surface area contributed by atoms with Gasteiger partial charge in [-0.15, -0.1) is 0 Å². The van der Waals surface area contributed by atoms with Crippen LogP contribution >= 0.6 is 0 Å². The zero-order valence-electron chi connectivity index (χ0n) is 14.4. The molecule has 0 atom stereocenters. The predicted octanol–water partition coefficient (Wildman–Crippen LogP) is 2.38. The minimum Gasteiger partial charge on any atom is -0.497 e. The number of benzene rings is 2. The molecule has 9 heteroatoms. The first-order valence-electron chi connectivity index (χ1n) is 7.38. The Labute approximate surface area is 149 Å². The summed E-state index contributed by atoms with van der Waals surface area (Å²) in [6, 6.07) is 9.13. The van der Waals surface area contributed by atoms with E-state index in [1.807, 2.05) is 0 Å². The van der Waals surface area contributed by atoms with Crippen LogP contribution < -0.4 is 19.6 Å². The molecule has 9 nitrogen and oxygen atoms in total. The van der Waals surface area contributed by atoms with Crippen LogP contribution in [0.2, 0.25) is 0 Å². The predicted molar refractivity (Wildman–Crippen MR) is 94.3 cm³/mol. The number of rotatable bonds is 7. The summed E-state index contributed by atoms with van der Waals surface area (Å²) in [5, 5.41) is 15.0. The van der Waals surface area contributed by atoms with Crippen LogP contribution in [-0.4, -0.2) is 38.4 Å². The van der Waals surface area contributed by atoms with Crippen LogP contribution in [0.5, 0.6) is 17.2 Å². The van der Waals surface area contributed by atoms with E-state index in [1.54, 1.807) is 24.3 Å². The molecule has 0 aliphatic heterocycles. The van der Waals surface area contributed by atoms with E-state index in [-0.39, 0.29) is 17.0 Å². The molecule has 0 fully saturated rings. The zero-order chi connectivity index (χ0) is 19.1. The van der Waals surface area contributed by atoms with Crippen LogP contribution in [0.15, 0.2) is 41.5 Å². The molecule has 2 aromatic rings. The molecule has 1 amide bonds. The summed E-state index contributed by atoms with van der Waals surface area (Å²) in [7, 11) is 4.28. The number of hydrogen-bond donors (Lipinski definition) is 1. The molecular weight excluding hydrogens is 342 g/mol. The van der Waals surface area contributed by atoms with Crippen molar-refractivity contribution in [2.45, 2.75) is 0 Å². The quantitative estimate of drug-likeness (QED) is 0.461. The lowest BCUT2D eigenvalue weighted by atomic mass is 10.1. The molecule has 26 heavy (non-hydrogen) atoms. The van der Waals surface area contributed by atoms with Gasteiger partial charge in [0.1, 0.15) is 5.75 Å². The second-order valence-corrected chi connectivity index (χ2v) is 4.95. The Morgan fingerprint density at radius 3 is 2.42 bits per heavy atom. The van der Waals surface area contributed by atoms with E-state index in [2.05, 4.69) is 10.5 Å². The molecule has 0 aliphatic carbocycles. The molecule has 0 aliphatic rings. The molecule has 0 radical (unpaired) electrons. The van der Waals surface area contributed by atoms with Crippen molar-refractivity contribution in [1.82, 2.24) is 5.43 Å². The largest absolute Gasteiger partial charge is 0.497 e. The van der Waals surface area contributed by atoms with Crippen LogP contribution in [0.3, 0.4) is 0 Å². The Morgan fingerprint density at radius 1 is 1.12 bits per heavy atom. The Balaban J connectivity index is 2.23. The fourth-order valence-corrected chi connectivity index (χ4v) is 2.13. The number of methoxy groups -OCH3 is 3. The molecule has 0 unspecified atom stereocenters. The molecule has 0 aromatic heterocycles. The molecule has 2 aromatic carbocycles.